The Hall–Kier alpha value is -4.02. The third-order valence-electron chi connectivity index (χ3n) is 8.65. The number of fused-ring (bicyclic) bond motifs is 2. The average molecular weight is 534 g/mol. The van der Waals surface area contributed by atoms with E-state index < -0.39 is 23.8 Å². The van der Waals surface area contributed by atoms with Crippen molar-refractivity contribution in [2.45, 2.75) is 57.0 Å². The van der Waals surface area contributed by atoms with Crippen LogP contribution in [0.25, 0.3) is 10.9 Å². The molecule has 2 aliphatic carbocycles. The lowest BCUT2D eigenvalue weighted by Crippen LogP contribution is -2.53. The summed E-state index contributed by atoms with van der Waals surface area (Å²) < 4.78 is 10.6. The van der Waals surface area contributed by atoms with E-state index >= 15 is 0 Å². The summed E-state index contributed by atoms with van der Waals surface area (Å²) in [7, 11) is 1.58. The highest BCUT2D eigenvalue weighted by atomic mass is 16.5. The van der Waals surface area contributed by atoms with Gasteiger partial charge in [0.25, 0.3) is 11.8 Å². The van der Waals surface area contributed by atoms with Crippen LogP contribution in [0.2, 0.25) is 0 Å². The van der Waals surface area contributed by atoms with Crippen molar-refractivity contribution < 1.29 is 28.3 Å². The number of amides is 2. The van der Waals surface area contributed by atoms with Gasteiger partial charge in [0.05, 0.1) is 13.2 Å². The first-order chi connectivity index (χ1) is 18.9. The fourth-order valence-electron chi connectivity index (χ4n) is 6.77. The van der Waals surface area contributed by atoms with Crippen LogP contribution in [0.4, 0.5) is 0 Å². The highest BCUT2D eigenvalue weighted by Gasteiger charge is 2.50. The molecule has 1 aromatic carbocycles. The molecule has 11 heteroatoms. The van der Waals surface area contributed by atoms with Crippen LogP contribution in [-0.4, -0.2) is 69.2 Å². The molecule has 0 bridgehead atoms. The number of aromatic amines is 1. The van der Waals surface area contributed by atoms with Crippen molar-refractivity contribution in [3.8, 4) is 5.75 Å². The molecule has 0 spiro atoms. The molecule has 6 rings (SSSR count). The monoisotopic (exact) mass is 533 g/mol. The number of rotatable bonds is 8. The maximum Gasteiger partial charge on any atom is 0.286 e. The molecule has 5 atom stereocenters. The number of nitrogens with zero attached hydrogens (tertiary/aromatic N) is 3. The summed E-state index contributed by atoms with van der Waals surface area (Å²) in [5.41, 5.74) is 1.15. The number of likely N-dealkylation sites (tertiary alicyclic amines) is 1. The quantitative estimate of drug-likeness (QED) is 0.420. The largest absolute Gasteiger partial charge is 0.496 e. The standard InChI is InChI=1S/C28H31N5O6/c1-38-23-10-4-8-19-18(23)12-21(30-19)28(37)33-13-16-6-2-7-17(16)24(33)26(36)31-20(11-15-5-3-9-22(15)34)25(35)27-32-29-14-39-27/h4,8,10,12,14-17,20,24,30H,2-3,5-7,9,11,13H2,1H3,(H,31,36). The molecule has 2 amide bonds. The number of hydrogen-bond donors (Lipinski definition) is 2. The molecule has 3 fully saturated rings. The second kappa shape index (κ2) is 10.3. The highest BCUT2D eigenvalue weighted by molar-refractivity contribution is 6.03. The van der Waals surface area contributed by atoms with E-state index in [9.17, 15) is 19.2 Å². The Balaban J connectivity index is 1.28. The molecule has 2 N–H and O–H groups in total. The van der Waals surface area contributed by atoms with Crippen molar-refractivity contribution in [3.05, 3.63) is 42.2 Å². The van der Waals surface area contributed by atoms with E-state index in [1.54, 1.807) is 18.1 Å². The first-order valence-corrected chi connectivity index (χ1v) is 13.5. The van der Waals surface area contributed by atoms with Gasteiger partial charge in [-0.25, -0.2) is 0 Å². The van der Waals surface area contributed by atoms with E-state index in [0.717, 1.165) is 43.0 Å². The minimum atomic E-state index is -1.00. The molecule has 204 valence electrons. The van der Waals surface area contributed by atoms with Gasteiger partial charge in [-0.05, 0) is 62.1 Å². The van der Waals surface area contributed by atoms with Crippen LogP contribution in [0.5, 0.6) is 5.75 Å². The summed E-state index contributed by atoms with van der Waals surface area (Å²) in [6, 6.07) is 5.58. The van der Waals surface area contributed by atoms with Crippen LogP contribution in [0.1, 0.15) is 66.1 Å². The maximum atomic E-state index is 13.9. The zero-order valence-corrected chi connectivity index (χ0v) is 21.7. The zero-order valence-electron chi connectivity index (χ0n) is 21.7. The van der Waals surface area contributed by atoms with Crippen molar-refractivity contribution in [2.75, 3.05) is 13.7 Å². The van der Waals surface area contributed by atoms with E-state index in [2.05, 4.69) is 20.5 Å². The summed E-state index contributed by atoms with van der Waals surface area (Å²) in [6.45, 7) is 0.470. The SMILES string of the molecule is COc1cccc2[nH]c(C(=O)N3CC4CCCC4C3C(=O)NC(CC3CCCC3=O)C(=O)c3nnco3)cc12. The fraction of sp³-hybridized carbons (Fsp3) is 0.500. The lowest BCUT2D eigenvalue weighted by molar-refractivity contribution is -0.127. The molecule has 3 aromatic rings. The van der Waals surface area contributed by atoms with E-state index in [1.165, 1.54) is 0 Å². The van der Waals surface area contributed by atoms with Crippen molar-refractivity contribution in [1.29, 1.82) is 0 Å². The molecule has 3 aliphatic rings. The van der Waals surface area contributed by atoms with Gasteiger partial charge in [-0.2, -0.15) is 0 Å². The Morgan fingerprint density at radius 1 is 1.23 bits per heavy atom. The van der Waals surface area contributed by atoms with Gasteiger partial charge in [-0.15, -0.1) is 10.2 Å². The molecule has 1 aliphatic heterocycles. The lowest BCUT2D eigenvalue weighted by Gasteiger charge is -2.29. The second-order valence-corrected chi connectivity index (χ2v) is 10.8. The summed E-state index contributed by atoms with van der Waals surface area (Å²) in [4.78, 5) is 58.2. The van der Waals surface area contributed by atoms with E-state index in [1.807, 2.05) is 18.2 Å². The van der Waals surface area contributed by atoms with Gasteiger partial charge in [0, 0.05) is 29.8 Å². The molecule has 11 nitrogen and oxygen atoms in total. The Labute approximate surface area is 224 Å². The van der Waals surface area contributed by atoms with Crippen LogP contribution < -0.4 is 10.1 Å². The number of carbonyl (C=O) groups is 4. The van der Waals surface area contributed by atoms with Crippen LogP contribution in [0.15, 0.2) is 35.1 Å². The Bertz CT molecular complexity index is 1410. The second-order valence-electron chi connectivity index (χ2n) is 10.8. The molecule has 2 aromatic heterocycles. The number of H-pyrrole nitrogens is 1. The van der Waals surface area contributed by atoms with Gasteiger partial charge < -0.3 is 24.4 Å². The molecule has 5 unspecified atom stereocenters. The van der Waals surface area contributed by atoms with Crippen LogP contribution in [0.3, 0.4) is 0 Å². The maximum absolute atomic E-state index is 13.9. The molecule has 2 saturated carbocycles. The van der Waals surface area contributed by atoms with Crippen molar-refractivity contribution >= 4 is 34.3 Å². The molecule has 0 radical (unpaired) electrons. The third kappa shape index (κ3) is 4.59. The highest BCUT2D eigenvalue weighted by Crippen LogP contribution is 2.43. The lowest BCUT2D eigenvalue weighted by atomic mass is 9.91. The van der Waals surface area contributed by atoms with Crippen LogP contribution in [0, 0.1) is 17.8 Å². The molecule has 39 heavy (non-hydrogen) atoms. The van der Waals surface area contributed by atoms with Gasteiger partial charge in [0.1, 0.15) is 23.3 Å². The number of ketones is 2. The predicted octanol–water partition coefficient (Wildman–Crippen LogP) is 2.93. The fourth-order valence-corrected chi connectivity index (χ4v) is 6.77. The topological polar surface area (TPSA) is 147 Å². The first-order valence-electron chi connectivity index (χ1n) is 13.5. The molecular weight excluding hydrogens is 502 g/mol. The third-order valence-corrected chi connectivity index (χ3v) is 8.65. The zero-order chi connectivity index (χ0) is 27.1. The van der Waals surface area contributed by atoms with Gasteiger partial charge >= 0.3 is 0 Å². The number of carbonyl (C=O) groups excluding carboxylic acids is 4. The van der Waals surface area contributed by atoms with E-state index in [4.69, 9.17) is 9.15 Å². The minimum absolute atomic E-state index is 0.000124. The number of hydrogen-bond acceptors (Lipinski definition) is 8. The van der Waals surface area contributed by atoms with Crippen LogP contribution >= 0.6 is 0 Å². The van der Waals surface area contributed by atoms with E-state index in [0.29, 0.717) is 30.8 Å². The number of Topliss-reactive ketones (excluding diaryl/α,β-unsaturated/α-hetero) is 2. The molecule has 1 saturated heterocycles. The number of benzene rings is 1. The summed E-state index contributed by atoms with van der Waals surface area (Å²) in [5, 5.41) is 11.0. The van der Waals surface area contributed by atoms with Crippen molar-refractivity contribution in [2.24, 2.45) is 17.8 Å². The molecule has 3 heterocycles. The number of ether oxygens (including phenoxy) is 1. The average Bonchev–Trinajstić information content (AvgIpc) is 3.75. The predicted molar refractivity (Wildman–Crippen MR) is 138 cm³/mol. The Morgan fingerprint density at radius 2 is 2.10 bits per heavy atom. The van der Waals surface area contributed by atoms with Gasteiger partial charge in [0.15, 0.2) is 0 Å². The molecular formula is C28H31N5O6. The van der Waals surface area contributed by atoms with Crippen molar-refractivity contribution in [1.82, 2.24) is 25.4 Å². The van der Waals surface area contributed by atoms with Gasteiger partial charge in [0.2, 0.25) is 18.1 Å². The Morgan fingerprint density at radius 3 is 2.85 bits per heavy atom. The van der Waals surface area contributed by atoms with Crippen LogP contribution in [-0.2, 0) is 9.59 Å². The normalized spacial score (nSPS) is 25.2. The first kappa shape index (κ1) is 25.3. The number of methoxy groups -OCH3 is 1. The van der Waals surface area contributed by atoms with Crippen molar-refractivity contribution in [3.63, 3.8) is 0 Å². The van der Waals surface area contributed by atoms with Gasteiger partial charge in [-0.1, -0.05) is 12.5 Å². The van der Waals surface area contributed by atoms with Gasteiger partial charge in [-0.3, -0.25) is 19.2 Å². The minimum Gasteiger partial charge on any atom is -0.496 e. The summed E-state index contributed by atoms with van der Waals surface area (Å²) in [5.74, 6) is -0.759. The van der Waals surface area contributed by atoms with E-state index in [-0.39, 0.29) is 41.8 Å². The summed E-state index contributed by atoms with van der Waals surface area (Å²) in [6.07, 6.45) is 5.91. The summed E-state index contributed by atoms with van der Waals surface area (Å²) >= 11 is 0. The Kier molecular flexibility index (Phi) is 6.66. The number of nitrogens with one attached hydrogen (secondary N) is 2. The smallest absolute Gasteiger partial charge is 0.286 e. The number of aromatic nitrogens is 3.